The smallest absolute Gasteiger partial charge is 0.246 e. The Kier molecular flexibility index (Phi) is 5.65. The van der Waals surface area contributed by atoms with E-state index in [4.69, 9.17) is 9.72 Å². The molecule has 0 aliphatic carbocycles. The molecule has 3 heterocycles. The number of ether oxygens (including phenoxy) is 1. The first kappa shape index (κ1) is 20.9. The van der Waals surface area contributed by atoms with Gasteiger partial charge in [-0.3, -0.25) is 14.2 Å². The predicted octanol–water partition coefficient (Wildman–Crippen LogP) is 5.74. The second-order valence-corrected chi connectivity index (χ2v) is 8.34. The Morgan fingerprint density at radius 2 is 2.00 bits per heavy atom. The fourth-order valence-corrected chi connectivity index (χ4v) is 4.49. The number of likely N-dealkylation sites (tertiary alicyclic amines) is 1. The number of carbonyl (C=O) groups excluding carboxylic acids is 1. The number of nitrogens with zero attached hydrogens (tertiary/aromatic N) is 4. The molecule has 0 N–H and O–H groups in total. The third kappa shape index (κ3) is 4.12. The van der Waals surface area contributed by atoms with Crippen LogP contribution in [0.5, 0.6) is 11.5 Å². The number of carbonyl (C=O) groups is 1. The van der Waals surface area contributed by atoms with E-state index in [0.29, 0.717) is 0 Å². The van der Waals surface area contributed by atoms with Crippen molar-refractivity contribution in [1.29, 1.82) is 0 Å². The minimum absolute atomic E-state index is 0.0512. The maximum atomic E-state index is 12.5. The molecule has 166 valence electrons. The minimum Gasteiger partial charge on any atom is -0.457 e. The molecule has 6 nitrogen and oxygen atoms in total. The summed E-state index contributed by atoms with van der Waals surface area (Å²) in [6.45, 7) is 6.44. The van der Waals surface area contributed by atoms with E-state index in [9.17, 15) is 4.79 Å². The van der Waals surface area contributed by atoms with E-state index in [0.717, 1.165) is 65.5 Å². The van der Waals surface area contributed by atoms with Gasteiger partial charge < -0.3 is 9.64 Å². The number of aryl methyl sites for hydroxylation is 1. The second-order valence-electron chi connectivity index (χ2n) is 8.34. The average molecular weight is 439 g/mol. The highest BCUT2D eigenvalue weighted by Gasteiger charge is 2.30. The van der Waals surface area contributed by atoms with Crippen LogP contribution in [0.3, 0.4) is 0 Å². The highest BCUT2D eigenvalue weighted by atomic mass is 16.5. The van der Waals surface area contributed by atoms with Crippen LogP contribution in [0, 0.1) is 6.92 Å². The zero-order valence-electron chi connectivity index (χ0n) is 18.6. The normalized spacial score (nSPS) is 16.0. The van der Waals surface area contributed by atoms with Crippen LogP contribution in [0.15, 0.2) is 79.8 Å². The molecular weight excluding hydrogens is 412 g/mol. The van der Waals surface area contributed by atoms with Crippen molar-refractivity contribution in [2.45, 2.75) is 32.2 Å². The lowest BCUT2D eigenvalue weighted by Gasteiger charge is -2.34. The number of amides is 1. The van der Waals surface area contributed by atoms with Gasteiger partial charge in [0.2, 0.25) is 5.91 Å². The van der Waals surface area contributed by atoms with Crippen LogP contribution in [0.2, 0.25) is 0 Å². The van der Waals surface area contributed by atoms with Crippen molar-refractivity contribution < 1.29 is 9.53 Å². The molecule has 0 saturated carbocycles. The lowest BCUT2D eigenvalue weighted by atomic mass is 10.0. The number of hydrogen-bond donors (Lipinski definition) is 0. The summed E-state index contributed by atoms with van der Waals surface area (Å²) < 4.78 is 8.05. The monoisotopic (exact) mass is 438 g/mol. The van der Waals surface area contributed by atoms with Gasteiger partial charge in [0.1, 0.15) is 17.3 Å². The summed E-state index contributed by atoms with van der Waals surface area (Å²) in [6, 6.07) is 15.8. The van der Waals surface area contributed by atoms with E-state index < -0.39 is 0 Å². The summed E-state index contributed by atoms with van der Waals surface area (Å²) >= 11 is 0. The molecule has 4 aromatic rings. The van der Waals surface area contributed by atoms with Crippen LogP contribution in [-0.2, 0) is 4.79 Å². The molecule has 0 spiro atoms. The van der Waals surface area contributed by atoms with Crippen LogP contribution in [0.25, 0.3) is 16.8 Å². The molecule has 2 aromatic heterocycles. The van der Waals surface area contributed by atoms with Gasteiger partial charge in [0.25, 0.3) is 0 Å². The number of fused-ring (bicyclic) bond motifs is 1. The van der Waals surface area contributed by atoms with E-state index in [1.807, 2.05) is 72.7 Å². The van der Waals surface area contributed by atoms with Crippen molar-refractivity contribution in [3.8, 4) is 22.8 Å². The van der Waals surface area contributed by atoms with Crippen molar-refractivity contribution in [3.63, 3.8) is 0 Å². The van der Waals surface area contributed by atoms with E-state index in [2.05, 4.69) is 16.0 Å². The summed E-state index contributed by atoms with van der Waals surface area (Å²) in [5, 5.41) is 0. The van der Waals surface area contributed by atoms with Crippen molar-refractivity contribution in [2.75, 3.05) is 6.54 Å². The zero-order valence-corrected chi connectivity index (χ0v) is 18.6. The van der Waals surface area contributed by atoms with Crippen molar-refractivity contribution in [3.05, 3.63) is 91.2 Å². The van der Waals surface area contributed by atoms with Crippen LogP contribution in [-0.4, -0.2) is 31.7 Å². The molecule has 1 amide bonds. The van der Waals surface area contributed by atoms with Gasteiger partial charge in [0.15, 0.2) is 0 Å². The summed E-state index contributed by atoms with van der Waals surface area (Å²) in [6.07, 6.45) is 9.83. The number of hydrogen-bond acceptors (Lipinski definition) is 4. The van der Waals surface area contributed by atoms with Gasteiger partial charge in [-0.1, -0.05) is 18.7 Å². The third-order valence-corrected chi connectivity index (χ3v) is 6.09. The first-order valence-corrected chi connectivity index (χ1v) is 11.2. The molecule has 6 heteroatoms. The standard InChI is InChI=1S/C27H26N4O2/c1-3-25(32)30-15-5-4-9-23(30)27-29-26(24-18-28-14-16-31(24)27)20-10-12-21(13-11-20)33-22-8-6-7-19(2)17-22/h3,6-8,10-14,16-18,23H,1,4-5,9,15H2,2H3/t23-/m0/s1. The van der Waals surface area contributed by atoms with Crippen molar-refractivity contribution >= 4 is 11.4 Å². The molecule has 0 bridgehead atoms. The fraction of sp³-hybridized carbons (Fsp3) is 0.222. The lowest BCUT2D eigenvalue weighted by molar-refractivity contribution is -0.129. The maximum absolute atomic E-state index is 12.5. The van der Waals surface area contributed by atoms with Gasteiger partial charge in [-0.15, -0.1) is 0 Å². The van der Waals surface area contributed by atoms with Gasteiger partial charge in [-0.25, -0.2) is 4.98 Å². The Balaban J connectivity index is 1.50. The second kappa shape index (κ2) is 8.90. The Hall–Kier alpha value is -3.93. The van der Waals surface area contributed by atoms with Crippen LogP contribution < -0.4 is 4.74 Å². The van der Waals surface area contributed by atoms with E-state index in [1.54, 1.807) is 6.20 Å². The number of rotatable bonds is 5. The summed E-state index contributed by atoms with van der Waals surface area (Å²) in [4.78, 5) is 23.8. The third-order valence-electron chi connectivity index (χ3n) is 6.09. The van der Waals surface area contributed by atoms with E-state index in [1.165, 1.54) is 6.08 Å². The van der Waals surface area contributed by atoms with Crippen LogP contribution >= 0.6 is 0 Å². The average Bonchev–Trinajstić information content (AvgIpc) is 3.24. The molecule has 1 saturated heterocycles. The van der Waals surface area contributed by atoms with Crippen LogP contribution in [0.4, 0.5) is 0 Å². The highest BCUT2D eigenvalue weighted by Crippen LogP contribution is 2.35. The first-order valence-electron chi connectivity index (χ1n) is 11.2. The minimum atomic E-state index is -0.0863. The molecule has 1 atom stereocenters. The summed E-state index contributed by atoms with van der Waals surface area (Å²) in [5.74, 6) is 2.38. The van der Waals surface area contributed by atoms with Gasteiger partial charge in [0, 0.05) is 24.5 Å². The van der Waals surface area contributed by atoms with Crippen LogP contribution in [0.1, 0.15) is 36.7 Å². The lowest BCUT2D eigenvalue weighted by Crippen LogP contribution is -2.38. The topological polar surface area (TPSA) is 59.7 Å². The molecule has 2 aromatic carbocycles. The summed E-state index contributed by atoms with van der Waals surface area (Å²) in [5.41, 5.74) is 3.88. The molecule has 0 radical (unpaired) electrons. The fourth-order valence-electron chi connectivity index (χ4n) is 4.49. The van der Waals surface area contributed by atoms with Gasteiger partial charge in [0.05, 0.1) is 23.4 Å². The number of piperidine rings is 1. The quantitative estimate of drug-likeness (QED) is 0.373. The largest absolute Gasteiger partial charge is 0.457 e. The molecule has 0 unspecified atom stereocenters. The molecule has 1 aliphatic heterocycles. The highest BCUT2D eigenvalue weighted by molar-refractivity contribution is 5.87. The zero-order chi connectivity index (χ0) is 22.8. The van der Waals surface area contributed by atoms with Crippen molar-refractivity contribution in [1.82, 2.24) is 19.3 Å². The van der Waals surface area contributed by atoms with Gasteiger partial charge in [-0.05, 0) is 74.2 Å². The van der Waals surface area contributed by atoms with Crippen molar-refractivity contribution in [2.24, 2.45) is 0 Å². The summed E-state index contributed by atoms with van der Waals surface area (Å²) in [7, 11) is 0. The molecular formula is C27H26N4O2. The molecule has 5 rings (SSSR count). The van der Waals surface area contributed by atoms with Gasteiger partial charge >= 0.3 is 0 Å². The number of benzene rings is 2. The maximum Gasteiger partial charge on any atom is 0.246 e. The number of aromatic nitrogens is 3. The van der Waals surface area contributed by atoms with E-state index >= 15 is 0 Å². The molecule has 33 heavy (non-hydrogen) atoms. The van der Waals surface area contributed by atoms with E-state index in [-0.39, 0.29) is 11.9 Å². The Bertz CT molecular complexity index is 1310. The molecule has 1 fully saturated rings. The Morgan fingerprint density at radius 1 is 1.15 bits per heavy atom. The Labute approximate surface area is 193 Å². The predicted molar refractivity (Wildman–Crippen MR) is 128 cm³/mol. The van der Waals surface area contributed by atoms with Gasteiger partial charge in [-0.2, -0.15) is 0 Å². The SMILES string of the molecule is C=CC(=O)N1CCCC[C@H]1c1nc(-c2ccc(Oc3cccc(C)c3)cc2)c2cnccn12. The molecule has 1 aliphatic rings. The number of imidazole rings is 1. The Morgan fingerprint density at radius 3 is 2.79 bits per heavy atom. The first-order chi connectivity index (χ1) is 16.1.